The van der Waals surface area contributed by atoms with Crippen molar-refractivity contribution in [2.24, 2.45) is 0 Å². The summed E-state index contributed by atoms with van der Waals surface area (Å²) in [6.07, 6.45) is 0. The molecule has 68 heavy (non-hydrogen) atoms. The fourth-order valence-electron chi connectivity index (χ4n) is 6.56. The molecule has 0 aliphatic rings. The maximum atomic E-state index is 10.1. The second-order valence-corrected chi connectivity index (χ2v) is 14.1. The van der Waals surface area contributed by atoms with E-state index in [0.717, 1.165) is 18.2 Å². The molecule has 0 atom stereocenters. The van der Waals surface area contributed by atoms with Crippen molar-refractivity contribution in [3.8, 4) is 126 Å². The largest absolute Gasteiger partial charge is 0.507 e. The number of hydrogen-bond acceptors (Lipinski definition) is 16. The van der Waals surface area contributed by atoms with Gasteiger partial charge in [-0.1, -0.05) is 0 Å². The topological polar surface area (TPSA) is 336 Å². The van der Waals surface area contributed by atoms with Crippen molar-refractivity contribution in [1.29, 1.82) is 0 Å². The van der Waals surface area contributed by atoms with E-state index in [1.54, 1.807) is 6.07 Å². The second-order valence-electron chi connectivity index (χ2n) is 14.1. The molecule has 0 spiro atoms. The molecule has 19 nitrogen and oxygen atoms in total. The molecule has 0 amide bonds. The van der Waals surface area contributed by atoms with Crippen LogP contribution in [0.1, 0.15) is 0 Å². The summed E-state index contributed by atoms with van der Waals surface area (Å²) in [6.45, 7) is 0. The Bertz CT molecular complexity index is 3360. The molecule has 9 rings (SSSR count). The van der Waals surface area contributed by atoms with Gasteiger partial charge >= 0.3 is 34.0 Å². The summed E-state index contributed by atoms with van der Waals surface area (Å²) in [5.41, 5.74) is 1.52. The minimum Gasteiger partial charge on any atom is -0.507 e. The van der Waals surface area contributed by atoms with E-state index in [1.165, 1.54) is 93.1 Å². The predicted molar refractivity (Wildman–Crippen MR) is 249 cm³/mol. The lowest BCUT2D eigenvalue weighted by Crippen LogP contribution is -1.87. The van der Waals surface area contributed by atoms with E-state index in [0.29, 0.717) is 11.1 Å². The lowest BCUT2D eigenvalue weighted by atomic mass is 10.1. The molecular formula is C47H39Cl2O19+3. The summed E-state index contributed by atoms with van der Waals surface area (Å²) in [5, 5.41) is 137. The zero-order chi connectivity index (χ0) is 47.7. The maximum Gasteiger partial charge on any atom is 0.402 e. The molecule has 0 bridgehead atoms. The highest BCUT2D eigenvalue weighted by Gasteiger charge is 2.28. The number of fused-ring (bicyclic) bond motifs is 3. The zero-order valence-electron chi connectivity index (χ0n) is 34.9. The van der Waals surface area contributed by atoms with Crippen LogP contribution in [0.15, 0.2) is 116 Å². The van der Waals surface area contributed by atoms with Crippen LogP contribution in [0.4, 0.5) is 0 Å². The van der Waals surface area contributed by atoms with Gasteiger partial charge < -0.3 is 81.0 Å². The molecular weight excluding hydrogens is 939 g/mol. The first kappa shape index (κ1) is 49.9. The maximum absolute atomic E-state index is 10.1. The minimum absolute atomic E-state index is 0. The molecule has 0 aliphatic heterocycles. The molecule has 0 radical (unpaired) electrons. The van der Waals surface area contributed by atoms with E-state index in [9.17, 15) is 71.5 Å². The summed E-state index contributed by atoms with van der Waals surface area (Å²) in [5.74, 6) is -3.24. The van der Waals surface area contributed by atoms with Crippen LogP contribution in [-0.4, -0.2) is 85.7 Å². The Balaban J connectivity index is 0.000000188. The number of phenolic OH excluding ortho intramolecular Hbond substituents is 11. The van der Waals surface area contributed by atoms with Gasteiger partial charge in [-0.05, 0) is 24.3 Å². The van der Waals surface area contributed by atoms with Crippen molar-refractivity contribution in [2.75, 3.05) is 14.2 Å². The SMILES string of the molecule is COc1cc(-c2[o+]c3cc(O)cc(O)c3cc2O)cc(O)c1O.COc1cc(-c2[o+]c3cc(O)cc(O)c3cc2O)ccc1O.Cl.Cl.Oc1cc(O)c2cc(O)c(-c3ccc(O)c(O)c3)[o+]c2c1. The van der Waals surface area contributed by atoms with Gasteiger partial charge in [0.2, 0.25) is 23.0 Å². The van der Waals surface area contributed by atoms with Crippen molar-refractivity contribution in [2.45, 2.75) is 0 Å². The van der Waals surface area contributed by atoms with Gasteiger partial charge in [-0.2, -0.15) is 0 Å². The van der Waals surface area contributed by atoms with Gasteiger partial charge in [0.15, 0.2) is 34.5 Å². The second kappa shape index (κ2) is 20.0. The lowest BCUT2D eigenvalue weighted by molar-refractivity contribution is 0.351. The normalized spacial score (nSPS) is 10.5. The van der Waals surface area contributed by atoms with Gasteiger partial charge in [0.1, 0.15) is 50.7 Å². The van der Waals surface area contributed by atoms with Gasteiger partial charge in [0.25, 0.3) is 0 Å². The van der Waals surface area contributed by atoms with E-state index >= 15 is 0 Å². The number of benzene rings is 6. The molecule has 0 saturated carbocycles. The first-order chi connectivity index (χ1) is 31.3. The Morgan fingerprint density at radius 3 is 1.06 bits per heavy atom. The lowest BCUT2D eigenvalue weighted by Gasteiger charge is -2.06. The summed E-state index contributed by atoms with van der Waals surface area (Å²) in [6, 6.07) is 22.1. The summed E-state index contributed by atoms with van der Waals surface area (Å²) in [7, 11) is 2.72. The van der Waals surface area contributed by atoms with Crippen molar-refractivity contribution >= 4 is 57.7 Å². The van der Waals surface area contributed by atoms with Gasteiger partial charge in [-0.15, -0.1) is 24.8 Å². The highest BCUT2D eigenvalue weighted by molar-refractivity contribution is 5.91. The van der Waals surface area contributed by atoms with Crippen molar-refractivity contribution in [3.63, 3.8) is 0 Å². The molecule has 21 heteroatoms. The quantitative estimate of drug-likeness (QED) is 0.0563. The smallest absolute Gasteiger partial charge is 0.402 e. The average molecular weight is 979 g/mol. The fraction of sp³-hybridized carbons (Fsp3) is 0.0426. The highest BCUT2D eigenvalue weighted by Crippen LogP contribution is 2.45. The van der Waals surface area contributed by atoms with Crippen LogP contribution in [-0.2, 0) is 0 Å². The minimum atomic E-state index is -0.451. The van der Waals surface area contributed by atoms with Crippen LogP contribution in [0.5, 0.6) is 92.0 Å². The van der Waals surface area contributed by atoms with Crippen LogP contribution in [0.2, 0.25) is 0 Å². The third kappa shape index (κ3) is 10.1. The molecule has 0 saturated heterocycles. The van der Waals surface area contributed by atoms with Gasteiger partial charge in [0.05, 0.1) is 49.1 Å². The number of hydrogen-bond donors (Lipinski definition) is 14. The number of halogens is 2. The summed E-state index contributed by atoms with van der Waals surface area (Å²) in [4.78, 5) is 0. The molecule has 0 fully saturated rings. The summed E-state index contributed by atoms with van der Waals surface area (Å²) < 4.78 is 26.5. The van der Waals surface area contributed by atoms with E-state index in [1.807, 2.05) is 0 Å². The van der Waals surface area contributed by atoms with Crippen LogP contribution >= 0.6 is 24.8 Å². The van der Waals surface area contributed by atoms with E-state index in [-0.39, 0.29) is 161 Å². The Labute approximate surface area is 394 Å². The molecule has 9 aromatic rings. The molecule has 352 valence electrons. The Kier molecular flexibility index (Phi) is 14.7. The molecule has 14 N–H and O–H groups in total. The van der Waals surface area contributed by atoms with Crippen LogP contribution in [0.3, 0.4) is 0 Å². The predicted octanol–water partition coefficient (Wildman–Crippen LogP) is 9.88. The Hall–Kier alpha value is -9.07. The van der Waals surface area contributed by atoms with Gasteiger partial charge in [-0.3, -0.25) is 0 Å². The third-order valence-corrected chi connectivity index (χ3v) is 9.71. The van der Waals surface area contributed by atoms with Crippen molar-refractivity contribution in [1.82, 2.24) is 0 Å². The van der Waals surface area contributed by atoms with E-state index < -0.39 is 11.5 Å². The van der Waals surface area contributed by atoms with Crippen molar-refractivity contribution < 1.29 is 94.2 Å². The summed E-state index contributed by atoms with van der Waals surface area (Å²) >= 11 is 0. The Morgan fingerprint density at radius 1 is 0.309 bits per heavy atom. The van der Waals surface area contributed by atoms with Crippen LogP contribution < -0.4 is 9.47 Å². The Morgan fingerprint density at radius 2 is 0.662 bits per heavy atom. The highest BCUT2D eigenvalue weighted by atomic mass is 35.5. The fourth-order valence-corrected chi connectivity index (χ4v) is 6.56. The number of rotatable bonds is 5. The number of ether oxygens (including phenoxy) is 2. The first-order valence-corrected chi connectivity index (χ1v) is 18.9. The van der Waals surface area contributed by atoms with Gasteiger partial charge in [0, 0.05) is 60.7 Å². The molecule has 0 unspecified atom stereocenters. The first-order valence-electron chi connectivity index (χ1n) is 18.9. The van der Waals surface area contributed by atoms with Gasteiger partial charge in [-0.25, -0.2) is 13.3 Å². The van der Waals surface area contributed by atoms with Crippen molar-refractivity contribution in [3.05, 3.63) is 103 Å². The van der Waals surface area contributed by atoms with E-state index in [2.05, 4.69) is 0 Å². The van der Waals surface area contributed by atoms with Crippen LogP contribution in [0, 0.1) is 0 Å². The standard InChI is InChI=1S/C16H12O7.C16H12O6.C15H10O6.2ClH/c1-22-14-3-7(2-11(19)15(14)21)16-12(20)6-9-10(18)4-8(17)5-13(9)23-16;1-21-15-4-8(2-3-11(15)18)16-13(20)7-10-12(19)5-9(17)6-14(10)22-16;16-8-4-11(18)9-6-13(20)15(21-14(9)5-8)7-1-2-10(17)12(19)3-7;;/h2-6H,1H3,(H4-,17,18,19,20,21);2-7H,1H3,(H3-,17,18,19,20);1-6H,(H4-,16,17,18,19,20);2*1H/p+3. The number of aromatic hydroxyl groups is 14. The molecule has 0 aliphatic carbocycles. The molecule has 6 aromatic carbocycles. The van der Waals surface area contributed by atoms with E-state index in [4.69, 9.17) is 22.7 Å². The number of phenols is 11. The monoisotopic (exact) mass is 977 g/mol. The molecule has 3 heterocycles. The average Bonchev–Trinajstić information content (AvgIpc) is 3.26. The molecule has 3 aromatic heterocycles. The van der Waals surface area contributed by atoms with Crippen LogP contribution in [0.25, 0.3) is 66.9 Å². The third-order valence-electron chi connectivity index (χ3n) is 9.71. The number of methoxy groups -OCH3 is 2. The zero-order valence-corrected chi connectivity index (χ0v) is 36.6.